The number of rotatable bonds is 2. The highest BCUT2D eigenvalue weighted by Crippen LogP contribution is 2.34. The number of hydrogen-bond acceptors (Lipinski definition) is 4. The van der Waals surface area contributed by atoms with Crippen LogP contribution in [0.4, 0.5) is 5.69 Å². The predicted molar refractivity (Wildman–Crippen MR) is 99.7 cm³/mol. The van der Waals surface area contributed by atoms with E-state index in [0.717, 1.165) is 13.0 Å². The molecule has 132 valence electrons. The Kier molecular flexibility index (Phi) is 4.08. The van der Waals surface area contributed by atoms with E-state index in [1.54, 1.807) is 35.6 Å². The van der Waals surface area contributed by atoms with Crippen molar-refractivity contribution < 1.29 is 13.2 Å². The van der Waals surface area contributed by atoms with Crippen molar-refractivity contribution in [3.63, 3.8) is 0 Å². The summed E-state index contributed by atoms with van der Waals surface area (Å²) in [7, 11) is -3.19. The highest BCUT2D eigenvalue weighted by atomic mass is 32.2. The second kappa shape index (κ2) is 6.14. The lowest BCUT2D eigenvalue weighted by molar-refractivity contribution is 0.0679. The first kappa shape index (κ1) is 16.6. The molecule has 2 aliphatic rings. The predicted octanol–water partition coefficient (Wildman–Crippen LogP) is 3.05. The van der Waals surface area contributed by atoms with E-state index in [4.69, 9.17) is 0 Å². The largest absolute Gasteiger partial charge is 0.331 e. The maximum Gasteiger partial charge on any atom is 0.254 e. The first-order valence-electron chi connectivity index (χ1n) is 8.45. The van der Waals surface area contributed by atoms with Crippen molar-refractivity contribution in [3.8, 4) is 0 Å². The molecule has 1 aromatic carbocycles. The van der Waals surface area contributed by atoms with Gasteiger partial charge in [-0.2, -0.15) is 0 Å². The molecule has 2 aromatic rings. The topological polar surface area (TPSA) is 57.7 Å². The van der Waals surface area contributed by atoms with Crippen LogP contribution >= 0.6 is 11.3 Å². The fourth-order valence-corrected chi connectivity index (χ4v) is 6.18. The van der Waals surface area contributed by atoms with Crippen LogP contribution in [0.15, 0.2) is 35.7 Å². The van der Waals surface area contributed by atoms with E-state index in [9.17, 15) is 13.2 Å². The van der Waals surface area contributed by atoms with Gasteiger partial charge in [0.2, 0.25) is 10.0 Å². The molecule has 0 unspecified atom stereocenters. The van der Waals surface area contributed by atoms with Gasteiger partial charge in [-0.25, -0.2) is 8.42 Å². The molecular formula is C18H20N2O3S2. The number of sulfonamides is 1. The maximum atomic E-state index is 12.9. The number of fused-ring (bicyclic) bond motifs is 1. The number of carbonyl (C=O) groups excluding carboxylic acids is 1. The van der Waals surface area contributed by atoms with Crippen LogP contribution in [0.1, 0.15) is 40.2 Å². The summed E-state index contributed by atoms with van der Waals surface area (Å²) in [6.45, 7) is 3.29. The van der Waals surface area contributed by atoms with E-state index in [0.29, 0.717) is 24.2 Å². The second-order valence-corrected chi connectivity index (χ2v) is 9.53. The van der Waals surface area contributed by atoms with Gasteiger partial charge < -0.3 is 4.90 Å². The molecule has 1 saturated heterocycles. The number of benzene rings is 1. The highest BCUT2D eigenvalue weighted by molar-refractivity contribution is 7.93. The van der Waals surface area contributed by atoms with Crippen LogP contribution < -0.4 is 4.31 Å². The molecule has 0 aliphatic carbocycles. The summed E-state index contributed by atoms with van der Waals surface area (Å²) in [6, 6.07) is 9.12. The maximum absolute atomic E-state index is 12.9. The Morgan fingerprint density at radius 1 is 1.16 bits per heavy atom. The summed E-state index contributed by atoms with van der Waals surface area (Å²) < 4.78 is 25.5. The van der Waals surface area contributed by atoms with E-state index >= 15 is 0 Å². The SMILES string of the molecule is C[C@@H]1c2ccsc2CCN1C(=O)c1ccc(N2CCCS2(=O)=O)cc1. The Morgan fingerprint density at radius 3 is 2.60 bits per heavy atom. The third-order valence-corrected chi connectivity index (χ3v) is 7.91. The number of carbonyl (C=O) groups is 1. The van der Waals surface area contributed by atoms with Crippen LogP contribution in [0.2, 0.25) is 0 Å². The highest BCUT2D eigenvalue weighted by Gasteiger charge is 2.30. The van der Waals surface area contributed by atoms with Crippen LogP contribution in [-0.4, -0.2) is 38.1 Å². The molecule has 1 fully saturated rings. The van der Waals surface area contributed by atoms with Crippen molar-refractivity contribution in [2.75, 3.05) is 23.1 Å². The molecule has 0 spiro atoms. The van der Waals surface area contributed by atoms with Crippen molar-refractivity contribution in [3.05, 3.63) is 51.7 Å². The molecule has 1 atom stereocenters. The molecular weight excluding hydrogens is 356 g/mol. The van der Waals surface area contributed by atoms with Crippen LogP contribution in [0.3, 0.4) is 0 Å². The summed E-state index contributed by atoms with van der Waals surface area (Å²) in [6.07, 6.45) is 1.55. The Bertz CT molecular complexity index is 903. The van der Waals surface area contributed by atoms with Crippen LogP contribution in [0, 0.1) is 0 Å². The molecule has 3 heterocycles. The summed E-state index contributed by atoms with van der Waals surface area (Å²) in [5, 5.41) is 2.08. The van der Waals surface area contributed by atoms with Crippen molar-refractivity contribution >= 4 is 33.0 Å². The summed E-state index contributed by atoms with van der Waals surface area (Å²) in [5.74, 6) is 0.197. The molecule has 7 heteroatoms. The molecule has 25 heavy (non-hydrogen) atoms. The van der Waals surface area contributed by atoms with Crippen LogP contribution in [0.25, 0.3) is 0 Å². The van der Waals surface area contributed by atoms with Gasteiger partial charge in [-0.05, 0) is 61.0 Å². The van der Waals surface area contributed by atoms with Crippen molar-refractivity contribution in [2.24, 2.45) is 0 Å². The average molecular weight is 377 g/mol. The van der Waals surface area contributed by atoms with E-state index in [1.165, 1.54) is 14.7 Å². The van der Waals surface area contributed by atoms with E-state index in [2.05, 4.69) is 18.4 Å². The monoisotopic (exact) mass is 376 g/mol. The molecule has 0 saturated carbocycles. The third-order valence-electron chi connectivity index (χ3n) is 5.04. The van der Waals surface area contributed by atoms with Gasteiger partial charge in [0, 0.05) is 23.5 Å². The van der Waals surface area contributed by atoms with Gasteiger partial charge in [-0.3, -0.25) is 9.10 Å². The zero-order valence-corrected chi connectivity index (χ0v) is 15.6. The molecule has 1 amide bonds. The van der Waals surface area contributed by atoms with E-state index < -0.39 is 10.0 Å². The van der Waals surface area contributed by atoms with Crippen LogP contribution in [-0.2, 0) is 16.4 Å². The molecule has 5 nitrogen and oxygen atoms in total. The molecule has 1 aromatic heterocycles. The Balaban J connectivity index is 1.56. The summed E-state index contributed by atoms with van der Waals surface area (Å²) in [4.78, 5) is 16.2. The molecule has 0 radical (unpaired) electrons. The number of anilines is 1. The standard InChI is InChI=1S/C18H20N2O3S2/c1-13-16-8-11-24-17(16)7-10-19(13)18(21)14-3-5-15(6-4-14)20-9-2-12-25(20,22)23/h3-6,8,11,13H,2,7,9-10,12H2,1H3/t13-/m1/s1. The van der Waals surface area contributed by atoms with Gasteiger partial charge in [0.1, 0.15) is 0 Å². The molecule has 2 aliphatic heterocycles. The van der Waals surface area contributed by atoms with Gasteiger partial charge in [-0.1, -0.05) is 0 Å². The minimum Gasteiger partial charge on any atom is -0.331 e. The van der Waals surface area contributed by atoms with Crippen molar-refractivity contribution in [1.29, 1.82) is 0 Å². The van der Waals surface area contributed by atoms with Gasteiger partial charge in [0.05, 0.1) is 17.5 Å². The van der Waals surface area contributed by atoms with Crippen molar-refractivity contribution in [2.45, 2.75) is 25.8 Å². The minimum atomic E-state index is -3.19. The zero-order chi connectivity index (χ0) is 17.6. The van der Waals surface area contributed by atoms with Gasteiger partial charge in [0.15, 0.2) is 0 Å². The molecule has 0 bridgehead atoms. The van der Waals surface area contributed by atoms with Gasteiger partial charge in [-0.15, -0.1) is 11.3 Å². The van der Waals surface area contributed by atoms with Gasteiger partial charge >= 0.3 is 0 Å². The second-order valence-electron chi connectivity index (χ2n) is 6.51. The van der Waals surface area contributed by atoms with Crippen molar-refractivity contribution in [1.82, 2.24) is 4.90 Å². The number of hydrogen-bond donors (Lipinski definition) is 0. The third kappa shape index (κ3) is 2.85. The smallest absolute Gasteiger partial charge is 0.254 e. The summed E-state index contributed by atoms with van der Waals surface area (Å²) >= 11 is 1.75. The Hall–Kier alpha value is -1.86. The normalized spacial score (nSPS) is 22.0. The lowest BCUT2D eigenvalue weighted by atomic mass is 10.0. The lowest BCUT2D eigenvalue weighted by Gasteiger charge is -2.33. The number of nitrogens with zero attached hydrogens (tertiary/aromatic N) is 2. The molecule has 4 rings (SSSR count). The fraction of sp³-hybridized carbons (Fsp3) is 0.389. The Labute approximate surface area is 151 Å². The number of thiophene rings is 1. The Morgan fingerprint density at radius 2 is 1.92 bits per heavy atom. The van der Waals surface area contributed by atoms with Crippen LogP contribution in [0.5, 0.6) is 0 Å². The number of amides is 1. The lowest BCUT2D eigenvalue weighted by Crippen LogP contribution is -2.38. The summed E-state index contributed by atoms with van der Waals surface area (Å²) in [5.41, 5.74) is 2.48. The zero-order valence-electron chi connectivity index (χ0n) is 14.0. The minimum absolute atomic E-state index is 0.000166. The van der Waals surface area contributed by atoms with E-state index in [1.807, 2.05) is 4.90 Å². The van der Waals surface area contributed by atoms with Gasteiger partial charge in [0.25, 0.3) is 5.91 Å². The fourth-order valence-electron chi connectivity index (χ4n) is 3.65. The first-order chi connectivity index (χ1) is 12.0. The quantitative estimate of drug-likeness (QED) is 0.809. The first-order valence-corrected chi connectivity index (χ1v) is 10.9. The van der Waals surface area contributed by atoms with E-state index in [-0.39, 0.29) is 17.7 Å². The average Bonchev–Trinajstić information content (AvgIpc) is 3.21. The molecule has 0 N–H and O–H groups in total.